The van der Waals surface area contributed by atoms with Crippen LogP contribution in [0.1, 0.15) is 25.8 Å². The number of hydrogen-bond acceptors (Lipinski definition) is 4. The highest BCUT2D eigenvalue weighted by Gasteiger charge is 2.34. The molecule has 0 radical (unpaired) electrons. The summed E-state index contributed by atoms with van der Waals surface area (Å²) in [6.45, 7) is 4.03. The van der Waals surface area contributed by atoms with Gasteiger partial charge in [-0.2, -0.15) is 0 Å². The van der Waals surface area contributed by atoms with Crippen molar-refractivity contribution < 1.29 is 9.90 Å². The van der Waals surface area contributed by atoms with E-state index in [1.165, 1.54) is 11.8 Å². The second-order valence-corrected chi connectivity index (χ2v) is 6.08. The fraction of sp³-hybridized carbons (Fsp3) is 0.286. The van der Waals surface area contributed by atoms with E-state index in [9.17, 15) is 9.90 Å². The molecule has 100 valence electrons. The molecule has 1 aromatic carbocycles. The fourth-order valence-electron chi connectivity index (χ4n) is 1.76. The predicted octanol–water partition coefficient (Wildman–Crippen LogP) is 3.39. The Bertz CT molecular complexity index is 537. The number of carbonyl (C=O) groups excluding carboxylic acids is 1. The molecule has 0 aromatic heterocycles. The number of carbonyl (C=O) groups is 1. The van der Waals surface area contributed by atoms with Gasteiger partial charge in [-0.1, -0.05) is 43.0 Å². The van der Waals surface area contributed by atoms with Crippen LogP contribution in [0.2, 0.25) is 0 Å². The second-order valence-electron chi connectivity index (χ2n) is 4.40. The first-order chi connectivity index (χ1) is 9.02. The van der Waals surface area contributed by atoms with Gasteiger partial charge in [0, 0.05) is 6.04 Å². The minimum absolute atomic E-state index is 0.0302. The molecule has 5 heteroatoms. The van der Waals surface area contributed by atoms with Crippen LogP contribution in [0.15, 0.2) is 29.2 Å². The van der Waals surface area contributed by atoms with Gasteiger partial charge in [-0.05, 0) is 37.1 Å². The van der Waals surface area contributed by atoms with E-state index in [1.807, 2.05) is 13.8 Å². The summed E-state index contributed by atoms with van der Waals surface area (Å²) < 4.78 is 0.615. The van der Waals surface area contributed by atoms with Crippen molar-refractivity contribution in [3.8, 4) is 5.75 Å². The average molecular weight is 293 g/mol. The molecule has 0 saturated carbocycles. The minimum atomic E-state index is -0.0302. The molecule has 0 bridgehead atoms. The predicted molar refractivity (Wildman–Crippen MR) is 82.9 cm³/mol. The summed E-state index contributed by atoms with van der Waals surface area (Å²) in [5, 5.41) is 9.24. The largest absolute Gasteiger partial charge is 0.508 e. The molecule has 1 unspecified atom stereocenters. The summed E-state index contributed by atoms with van der Waals surface area (Å²) >= 11 is 6.59. The van der Waals surface area contributed by atoms with Crippen LogP contribution >= 0.6 is 24.0 Å². The van der Waals surface area contributed by atoms with Crippen molar-refractivity contribution in [2.75, 3.05) is 0 Å². The summed E-state index contributed by atoms with van der Waals surface area (Å²) in [5.41, 5.74) is 0.877. The van der Waals surface area contributed by atoms with Gasteiger partial charge in [0.2, 0.25) is 0 Å². The first-order valence-corrected chi connectivity index (χ1v) is 7.31. The van der Waals surface area contributed by atoms with Crippen LogP contribution in [0.3, 0.4) is 0 Å². The van der Waals surface area contributed by atoms with Crippen LogP contribution in [0.25, 0.3) is 6.08 Å². The number of aromatic hydroxyl groups is 1. The highest BCUT2D eigenvalue weighted by molar-refractivity contribution is 8.26. The molecule has 1 heterocycles. The number of hydrogen-bond donors (Lipinski definition) is 1. The summed E-state index contributed by atoms with van der Waals surface area (Å²) in [7, 11) is 0. The van der Waals surface area contributed by atoms with Crippen LogP contribution in [-0.4, -0.2) is 26.3 Å². The highest BCUT2D eigenvalue weighted by atomic mass is 32.2. The minimum Gasteiger partial charge on any atom is -0.508 e. The maximum Gasteiger partial charge on any atom is 0.266 e. The molecule has 19 heavy (non-hydrogen) atoms. The number of rotatable bonds is 3. The van der Waals surface area contributed by atoms with Crippen LogP contribution in [0.5, 0.6) is 5.75 Å². The van der Waals surface area contributed by atoms with Gasteiger partial charge >= 0.3 is 0 Å². The van der Waals surface area contributed by atoms with Crippen LogP contribution in [-0.2, 0) is 4.79 Å². The summed E-state index contributed by atoms with van der Waals surface area (Å²) in [4.78, 5) is 14.6. The van der Waals surface area contributed by atoms with E-state index < -0.39 is 0 Å². The molecule has 1 N–H and O–H groups in total. The third-order valence-corrected chi connectivity index (χ3v) is 4.38. The highest BCUT2D eigenvalue weighted by Crippen LogP contribution is 2.34. The lowest BCUT2D eigenvalue weighted by molar-refractivity contribution is -0.123. The Morgan fingerprint density at radius 1 is 1.42 bits per heavy atom. The van der Waals surface area contributed by atoms with Crippen molar-refractivity contribution in [3.63, 3.8) is 0 Å². The molecule has 1 aromatic rings. The van der Waals surface area contributed by atoms with Crippen molar-refractivity contribution in [2.24, 2.45) is 0 Å². The molecule has 3 nitrogen and oxygen atoms in total. The monoisotopic (exact) mass is 293 g/mol. The Morgan fingerprint density at radius 2 is 2.05 bits per heavy atom. The van der Waals surface area contributed by atoms with Gasteiger partial charge in [-0.15, -0.1) is 0 Å². The molecule has 1 amide bonds. The van der Waals surface area contributed by atoms with E-state index in [1.54, 1.807) is 35.2 Å². The fourth-order valence-corrected chi connectivity index (χ4v) is 3.23. The number of nitrogens with zero attached hydrogens (tertiary/aromatic N) is 1. The van der Waals surface area contributed by atoms with E-state index in [0.717, 1.165) is 12.0 Å². The summed E-state index contributed by atoms with van der Waals surface area (Å²) in [6, 6.07) is 6.86. The SMILES string of the molecule is CCC(C)N1C(=O)/C(=C\c2ccc(O)cc2)SC1=S. The normalized spacial score (nSPS) is 19.3. The molecular weight excluding hydrogens is 278 g/mol. The molecule has 1 fully saturated rings. The third kappa shape index (κ3) is 2.98. The Labute approximate surface area is 122 Å². The zero-order valence-electron chi connectivity index (χ0n) is 10.8. The maximum absolute atomic E-state index is 12.3. The third-order valence-electron chi connectivity index (χ3n) is 3.05. The van der Waals surface area contributed by atoms with Gasteiger partial charge in [0.05, 0.1) is 4.91 Å². The number of amides is 1. The Balaban J connectivity index is 2.25. The van der Waals surface area contributed by atoms with Crippen molar-refractivity contribution in [3.05, 3.63) is 34.7 Å². The smallest absolute Gasteiger partial charge is 0.266 e. The molecule has 1 atom stereocenters. The van der Waals surface area contributed by atoms with E-state index in [-0.39, 0.29) is 17.7 Å². The lowest BCUT2D eigenvalue weighted by Gasteiger charge is -2.21. The van der Waals surface area contributed by atoms with Gasteiger partial charge in [-0.3, -0.25) is 9.69 Å². The van der Waals surface area contributed by atoms with Gasteiger partial charge < -0.3 is 5.11 Å². The van der Waals surface area contributed by atoms with Crippen molar-refractivity contribution in [2.45, 2.75) is 26.3 Å². The molecule has 1 aliphatic heterocycles. The Morgan fingerprint density at radius 3 is 2.63 bits per heavy atom. The van der Waals surface area contributed by atoms with Crippen LogP contribution in [0, 0.1) is 0 Å². The van der Waals surface area contributed by atoms with Gasteiger partial charge in [0.25, 0.3) is 5.91 Å². The molecule has 1 saturated heterocycles. The first-order valence-electron chi connectivity index (χ1n) is 6.09. The first kappa shape index (κ1) is 14.1. The Kier molecular flexibility index (Phi) is 4.27. The zero-order valence-corrected chi connectivity index (χ0v) is 12.4. The van der Waals surface area contributed by atoms with Gasteiger partial charge in [-0.25, -0.2) is 0 Å². The summed E-state index contributed by atoms with van der Waals surface area (Å²) in [6.07, 6.45) is 2.68. The van der Waals surface area contributed by atoms with Crippen LogP contribution in [0.4, 0.5) is 0 Å². The van der Waals surface area contributed by atoms with E-state index in [4.69, 9.17) is 12.2 Å². The lowest BCUT2D eigenvalue weighted by atomic mass is 10.2. The van der Waals surface area contributed by atoms with E-state index in [0.29, 0.717) is 9.23 Å². The second kappa shape index (κ2) is 5.75. The molecule has 0 aliphatic carbocycles. The average Bonchev–Trinajstić information content (AvgIpc) is 2.66. The number of phenolic OH excluding ortho intramolecular Hbond substituents is 1. The van der Waals surface area contributed by atoms with Crippen LogP contribution < -0.4 is 0 Å². The van der Waals surface area contributed by atoms with Gasteiger partial charge in [0.15, 0.2) is 0 Å². The molecule has 0 spiro atoms. The summed E-state index contributed by atoms with van der Waals surface area (Å²) in [5.74, 6) is 0.182. The Hall–Kier alpha value is -1.33. The zero-order chi connectivity index (χ0) is 14.0. The van der Waals surface area contributed by atoms with Crippen molar-refractivity contribution in [1.82, 2.24) is 4.90 Å². The number of thioether (sulfide) groups is 1. The molecule has 2 rings (SSSR count). The quantitative estimate of drug-likeness (QED) is 0.685. The maximum atomic E-state index is 12.3. The van der Waals surface area contributed by atoms with E-state index in [2.05, 4.69) is 0 Å². The topological polar surface area (TPSA) is 40.5 Å². The molecular formula is C14H15NO2S2. The van der Waals surface area contributed by atoms with Crippen molar-refractivity contribution in [1.29, 1.82) is 0 Å². The number of benzene rings is 1. The van der Waals surface area contributed by atoms with Crippen molar-refractivity contribution >= 4 is 40.3 Å². The lowest BCUT2D eigenvalue weighted by Crippen LogP contribution is -2.36. The number of phenols is 1. The standard InChI is InChI=1S/C14H15NO2S2/c1-3-9(2)15-13(17)12(19-14(15)18)8-10-4-6-11(16)7-5-10/h4-9,16H,3H2,1-2H3/b12-8+. The number of thiocarbonyl (C=S) groups is 1. The van der Waals surface area contributed by atoms with Gasteiger partial charge in [0.1, 0.15) is 10.1 Å². The molecule has 1 aliphatic rings. The van der Waals surface area contributed by atoms with E-state index >= 15 is 0 Å².